The van der Waals surface area contributed by atoms with E-state index in [1.165, 1.54) is 12.1 Å². The normalized spacial score (nSPS) is 10.2. The van der Waals surface area contributed by atoms with Crippen LogP contribution in [-0.4, -0.2) is 41.4 Å². The highest BCUT2D eigenvalue weighted by molar-refractivity contribution is 7.98. The van der Waals surface area contributed by atoms with Gasteiger partial charge in [-0.2, -0.15) is 11.8 Å². The van der Waals surface area contributed by atoms with Gasteiger partial charge in [0.2, 0.25) is 0 Å². The van der Waals surface area contributed by atoms with Gasteiger partial charge >= 0.3 is 0 Å². The number of pyridine rings is 1. The third kappa shape index (κ3) is 3.85. The number of rotatable bonds is 4. The maximum atomic E-state index is 11.9. The summed E-state index contributed by atoms with van der Waals surface area (Å²) in [6.45, 7) is 0.692. The van der Waals surface area contributed by atoms with Gasteiger partial charge in [0.05, 0.1) is 0 Å². The summed E-state index contributed by atoms with van der Waals surface area (Å²) >= 11 is 13.2. The van der Waals surface area contributed by atoms with E-state index in [9.17, 15) is 4.79 Å². The zero-order chi connectivity index (χ0) is 12.1. The van der Waals surface area contributed by atoms with E-state index in [-0.39, 0.29) is 16.2 Å². The average Bonchev–Trinajstić information content (AvgIpc) is 2.23. The zero-order valence-corrected chi connectivity index (χ0v) is 11.4. The van der Waals surface area contributed by atoms with Crippen molar-refractivity contribution < 1.29 is 4.79 Å². The molecule has 0 saturated heterocycles. The second kappa shape index (κ2) is 6.33. The minimum Gasteiger partial charge on any atom is -0.341 e. The number of carbonyl (C=O) groups excluding carboxylic acids is 1. The van der Waals surface area contributed by atoms with Gasteiger partial charge < -0.3 is 4.90 Å². The highest BCUT2D eigenvalue weighted by Gasteiger charge is 2.13. The molecule has 1 aromatic heterocycles. The van der Waals surface area contributed by atoms with Crippen molar-refractivity contribution >= 4 is 40.9 Å². The van der Waals surface area contributed by atoms with Gasteiger partial charge in [0.1, 0.15) is 10.3 Å². The lowest BCUT2D eigenvalue weighted by Gasteiger charge is -2.16. The van der Waals surface area contributed by atoms with Crippen molar-refractivity contribution in [1.29, 1.82) is 0 Å². The molecule has 0 radical (unpaired) electrons. The molecule has 0 aliphatic carbocycles. The van der Waals surface area contributed by atoms with E-state index in [1.54, 1.807) is 23.7 Å². The topological polar surface area (TPSA) is 33.2 Å². The third-order valence-electron chi connectivity index (χ3n) is 1.99. The highest BCUT2D eigenvalue weighted by Crippen LogP contribution is 2.16. The van der Waals surface area contributed by atoms with E-state index in [0.717, 1.165) is 5.75 Å². The standard InChI is InChI=1S/C10H12Cl2N2OS/c1-14(3-4-16-2)10(15)7-5-8(11)13-9(12)6-7/h5-6H,3-4H2,1-2H3. The lowest BCUT2D eigenvalue weighted by molar-refractivity contribution is 0.0803. The van der Waals surface area contributed by atoms with Crippen LogP contribution in [0.2, 0.25) is 10.3 Å². The van der Waals surface area contributed by atoms with Crippen LogP contribution in [0.4, 0.5) is 0 Å². The Morgan fingerprint density at radius 2 is 2.00 bits per heavy atom. The summed E-state index contributed by atoms with van der Waals surface area (Å²) in [6, 6.07) is 3.04. The van der Waals surface area contributed by atoms with Crippen molar-refractivity contribution in [2.75, 3.05) is 25.6 Å². The summed E-state index contributed by atoms with van der Waals surface area (Å²) in [4.78, 5) is 17.4. The Kier molecular flexibility index (Phi) is 5.38. The molecule has 0 spiro atoms. The molecule has 0 fully saturated rings. The molecule has 3 nitrogen and oxygen atoms in total. The quantitative estimate of drug-likeness (QED) is 0.795. The molecular formula is C10H12Cl2N2OS. The first-order valence-corrected chi connectivity index (χ1v) is 6.77. The fourth-order valence-electron chi connectivity index (χ4n) is 1.14. The third-order valence-corrected chi connectivity index (χ3v) is 2.97. The first kappa shape index (κ1) is 13.6. The minimum atomic E-state index is -0.0970. The number of halogens is 2. The summed E-state index contributed by atoms with van der Waals surface area (Å²) in [7, 11) is 1.75. The Morgan fingerprint density at radius 1 is 1.44 bits per heavy atom. The van der Waals surface area contributed by atoms with Crippen LogP contribution in [-0.2, 0) is 0 Å². The van der Waals surface area contributed by atoms with E-state index < -0.39 is 0 Å². The first-order chi connectivity index (χ1) is 7.54. The van der Waals surface area contributed by atoms with Crippen molar-refractivity contribution in [2.24, 2.45) is 0 Å². The monoisotopic (exact) mass is 278 g/mol. The lowest BCUT2D eigenvalue weighted by atomic mass is 10.2. The van der Waals surface area contributed by atoms with Crippen LogP contribution in [0.25, 0.3) is 0 Å². The van der Waals surface area contributed by atoms with Gasteiger partial charge in [-0.05, 0) is 18.4 Å². The van der Waals surface area contributed by atoms with Crippen LogP contribution >= 0.6 is 35.0 Å². The van der Waals surface area contributed by atoms with Crippen molar-refractivity contribution in [2.45, 2.75) is 0 Å². The molecule has 1 rings (SSSR count). The van der Waals surface area contributed by atoms with Crippen LogP contribution in [0, 0.1) is 0 Å². The van der Waals surface area contributed by atoms with Crippen LogP contribution in [0.3, 0.4) is 0 Å². The summed E-state index contributed by atoms with van der Waals surface area (Å²) in [6.07, 6.45) is 2.00. The summed E-state index contributed by atoms with van der Waals surface area (Å²) < 4.78 is 0. The Balaban J connectivity index is 2.79. The summed E-state index contributed by atoms with van der Waals surface area (Å²) in [5.41, 5.74) is 0.466. The second-order valence-corrected chi connectivity index (χ2v) is 4.98. The van der Waals surface area contributed by atoms with Gasteiger partial charge in [0.25, 0.3) is 5.91 Å². The number of nitrogens with zero attached hydrogens (tertiary/aromatic N) is 2. The zero-order valence-electron chi connectivity index (χ0n) is 9.04. The molecule has 0 saturated carbocycles. The molecule has 0 unspecified atom stereocenters. The van der Waals surface area contributed by atoms with Crippen LogP contribution in [0.1, 0.15) is 10.4 Å². The van der Waals surface area contributed by atoms with Crippen molar-refractivity contribution in [3.8, 4) is 0 Å². The molecule has 0 aromatic carbocycles. The van der Waals surface area contributed by atoms with Gasteiger partial charge in [-0.3, -0.25) is 4.79 Å². The molecule has 0 N–H and O–H groups in total. The molecule has 1 aromatic rings. The van der Waals surface area contributed by atoms with Gasteiger partial charge in [-0.15, -0.1) is 0 Å². The Labute approximate surface area is 109 Å². The summed E-state index contributed by atoms with van der Waals surface area (Å²) in [5.74, 6) is 0.801. The van der Waals surface area contributed by atoms with Gasteiger partial charge in [-0.1, -0.05) is 23.2 Å². The predicted octanol–water partition coefficient (Wildman–Crippen LogP) is 2.82. The Morgan fingerprint density at radius 3 is 2.50 bits per heavy atom. The number of aromatic nitrogens is 1. The molecule has 88 valence electrons. The van der Waals surface area contributed by atoms with Crippen LogP contribution in [0.15, 0.2) is 12.1 Å². The molecule has 6 heteroatoms. The SMILES string of the molecule is CSCCN(C)C(=O)c1cc(Cl)nc(Cl)c1. The smallest absolute Gasteiger partial charge is 0.253 e. The fraction of sp³-hybridized carbons (Fsp3) is 0.400. The van der Waals surface area contributed by atoms with E-state index in [0.29, 0.717) is 12.1 Å². The number of carbonyl (C=O) groups is 1. The maximum absolute atomic E-state index is 11.9. The van der Waals surface area contributed by atoms with Gasteiger partial charge in [0, 0.05) is 24.9 Å². The largest absolute Gasteiger partial charge is 0.341 e. The number of amides is 1. The molecule has 1 heterocycles. The van der Waals surface area contributed by atoms with E-state index >= 15 is 0 Å². The second-order valence-electron chi connectivity index (χ2n) is 3.22. The maximum Gasteiger partial charge on any atom is 0.253 e. The van der Waals surface area contributed by atoms with Crippen molar-refractivity contribution in [1.82, 2.24) is 9.88 Å². The van der Waals surface area contributed by atoms with E-state index in [2.05, 4.69) is 4.98 Å². The predicted molar refractivity (Wildman–Crippen MR) is 69.6 cm³/mol. The molecule has 1 amide bonds. The average molecular weight is 279 g/mol. The number of hydrogen-bond donors (Lipinski definition) is 0. The lowest BCUT2D eigenvalue weighted by Crippen LogP contribution is -2.28. The molecule has 0 aliphatic heterocycles. The van der Waals surface area contributed by atoms with Crippen LogP contribution < -0.4 is 0 Å². The van der Waals surface area contributed by atoms with Gasteiger partial charge in [0.15, 0.2) is 0 Å². The Bertz CT molecular complexity index is 367. The fourth-order valence-corrected chi connectivity index (χ4v) is 2.06. The molecular weight excluding hydrogens is 267 g/mol. The Hall–Kier alpha value is -0.450. The highest BCUT2D eigenvalue weighted by atomic mass is 35.5. The molecule has 16 heavy (non-hydrogen) atoms. The number of hydrogen-bond acceptors (Lipinski definition) is 3. The van der Waals surface area contributed by atoms with Crippen LogP contribution in [0.5, 0.6) is 0 Å². The van der Waals surface area contributed by atoms with E-state index in [1.807, 2.05) is 6.26 Å². The van der Waals surface area contributed by atoms with E-state index in [4.69, 9.17) is 23.2 Å². The van der Waals surface area contributed by atoms with Gasteiger partial charge in [-0.25, -0.2) is 4.98 Å². The molecule has 0 bridgehead atoms. The number of thioether (sulfide) groups is 1. The van der Waals surface area contributed by atoms with Crippen molar-refractivity contribution in [3.05, 3.63) is 28.0 Å². The first-order valence-electron chi connectivity index (χ1n) is 4.62. The molecule has 0 aliphatic rings. The minimum absolute atomic E-state index is 0.0970. The summed E-state index contributed by atoms with van der Waals surface area (Å²) in [5, 5.41) is 0.461. The molecule has 0 atom stereocenters. The van der Waals surface area contributed by atoms with Crippen molar-refractivity contribution in [3.63, 3.8) is 0 Å².